The minimum Gasteiger partial charge on any atom is -0.461 e. The second kappa shape index (κ2) is 11.3. The normalized spacial score (nSPS) is 11.9. The van der Waals surface area contributed by atoms with Crippen LogP contribution in [0.3, 0.4) is 0 Å². The zero-order valence-electron chi connectivity index (χ0n) is 15.8. The SMILES string of the molecule is CCNC(=NCc1nc(-c2ccco2)n[nH]1)NCCN(C)CCCOC. The van der Waals surface area contributed by atoms with Crippen molar-refractivity contribution >= 4 is 5.96 Å². The van der Waals surface area contributed by atoms with Gasteiger partial charge in [0, 0.05) is 39.9 Å². The molecule has 26 heavy (non-hydrogen) atoms. The van der Waals surface area contributed by atoms with Crippen LogP contribution in [0.4, 0.5) is 0 Å². The first-order valence-corrected chi connectivity index (χ1v) is 8.87. The van der Waals surface area contributed by atoms with E-state index in [-0.39, 0.29) is 0 Å². The number of methoxy groups -OCH3 is 1. The molecule has 144 valence electrons. The summed E-state index contributed by atoms with van der Waals surface area (Å²) < 4.78 is 10.4. The molecule has 0 spiro atoms. The summed E-state index contributed by atoms with van der Waals surface area (Å²) in [7, 11) is 3.83. The van der Waals surface area contributed by atoms with Gasteiger partial charge in [-0.25, -0.2) is 9.98 Å². The second-order valence-electron chi connectivity index (χ2n) is 5.85. The maximum atomic E-state index is 5.29. The summed E-state index contributed by atoms with van der Waals surface area (Å²) in [6, 6.07) is 3.63. The monoisotopic (exact) mass is 363 g/mol. The molecule has 0 amide bonds. The van der Waals surface area contributed by atoms with Gasteiger partial charge in [-0.05, 0) is 32.5 Å². The molecule has 0 radical (unpaired) electrons. The predicted octanol–water partition coefficient (Wildman–Crippen LogP) is 1.09. The Bertz CT molecular complexity index is 639. The van der Waals surface area contributed by atoms with Crippen LogP contribution in [-0.2, 0) is 11.3 Å². The number of furan rings is 1. The van der Waals surface area contributed by atoms with Gasteiger partial charge in [-0.3, -0.25) is 5.10 Å². The number of rotatable bonds is 11. The van der Waals surface area contributed by atoms with E-state index in [4.69, 9.17) is 9.15 Å². The van der Waals surface area contributed by atoms with Gasteiger partial charge in [0.15, 0.2) is 11.7 Å². The first kappa shape index (κ1) is 19.9. The van der Waals surface area contributed by atoms with Gasteiger partial charge >= 0.3 is 0 Å². The zero-order valence-corrected chi connectivity index (χ0v) is 15.8. The number of nitrogens with zero attached hydrogens (tertiary/aromatic N) is 4. The molecule has 0 atom stereocenters. The van der Waals surface area contributed by atoms with Crippen LogP contribution in [0.15, 0.2) is 27.8 Å². The number of H-pyrrole nitrogens is 1. The molecule has 2 rings (SSSR count). The van der Waals surface area contributed by atoms with Gasteiger partial charge in [-0.2, -0.15) is 0 Å². The van der Waals surface area contributed by atoms with Crippen molar-refractivity contribution in [3.63, 3.8) is 0 Å². The van der Waals surface area contributed by atoms with Gasteiger partial charge in [0.25, 0.3) is 0 Å². The molecule has 9 nitrogen and oxygen atoms in total. The number of hydrogen-bond acceptors (Lipinski definition) is 6. The van der Waals surface area contributed by atoms with Crippen molar-refractivity contribution in [2.75, 3.05) is 46.9 Å². The van der Waals surface area contributed by atoms with E-state index in [1.165, 1.54) is 0 Å². The van der Waals surface area contributed by atoms with Crippen LogP contribution in [0.5, 0.6) is 0 Å². The number of aromatic nitrogens is 3. The van der Waals surface area contributed by atoms with Gasteiger partial charge in [0.2, 0.25) is 5.82 Å². The van der Waals surface area contributed by atoms with Crippen LogP contribution in [0.2, 0.25) is 0 Å². The Labute approximate surface area is 154 Å². The fourth-order valence-corrected chi connectivity index (χ4v) is 2.33. The van der Waals surface area contributed by atoms with Crippen LogP contribution in [-0.4, -0.2) is 73.0 Å². The molecule has 2 aromatic heterocycles. The van der Waals surface area contributed by atoms with E-state index in [1.54, 1.807) is 13.4 Å². The highest BCUT2D eigenvalue weighted by atomic mass is 16.5. The van der Waals surface area contributed by atoms with Crippen molar-refractivity contribution in [3.05, 3.63) is 24.2 Å². The molecule has 2 aromatic rings. The van der Waals surface area contributed by atoms with E-state index in [0.29, 0.717) is 24.0 Å². The Balaban J connectivity index is 1.79. The molecule has 0 bridgehead atoms. The van der Waals surface area contributed by atoms with E-state index in [9.17, 15) is 0 Å². The van der Waals surface area contributed by atoms with E-state index >= 15 is 0 Å². The van der Waals surface area contributed by atoms with E-state index < -0.39 is 0 Å². The summed E-state index contributed by atoms with van der Waals surface area (Å²) >= 11 is 0. The molecule has 0 saturated carbocycles. The average Bonchev–Trinajstić information content (AvgIpc) is 3.31. The lowest BCUT2D eigenvalue weighted by molar-refractivity contribution is 0.180. The molecule has 0 aliphatic rings. The number of aliphatic imine (C=N–C) groups is 1. The number of ether oxygens (including phenoxy) is 1. The molecule has 0 fully saturated rings. The number of aromatic amines is 1. The lowest BCUT2D eigenvalue weighted by Crippen LogP contribution is -2.41. The first-order chi connectivity index (χ1) is 12.7. The van der Waals surface area contributed by atoms with Crippen LogP contribution >= 0.6 is 0 Å². The molecular weight excluding hydrogens is 334 g/mol. The van der Waals surface area contributed by atoms with Gasteiger partial charge in [0.1, 0.15) is 12.4 Å². The molecule has 0 aliphatic heterocycles. The summed E-state index contributed by atoms with van der Waals surface area (Å²) in [5, 5.41) is 13.6. The minimum atomic E-state index is 0.409. The van der Waals surface area contributed by atoms with Crippen LogP contribution in [0, 0.1) is 0 Å². The summed E-state index contributed by atoms with van der Waals surface area (Å²) in [6.07, 6.45) is 2.63. The standard InChI is InChI=1S/C17H29N7O2/c1-4-18-17(19-8-10-24(2)9-6-11-25-3)20-13-15-21-16(23-22-15)14-7-5-12-26-14/h5,7,12H,4,6,8-11,13H2,1-3H3,(H2,18,19,20)(H,21,22,23). The topological polar surface area (TPSA) is 104 Å². The molecule has 9 heteroatoms. The fraction of sp³-hybridized carbons (Fsp3) is 0.588. The Hall–Kier alpha value is -2.39. The second-order valence-corrected chi connectivity index (χ2v) is 5.85. The summed E-state index contributed by atoms with van der Waals surface area (Å²) in [5.41, 5.74) is 0. The molecule has 2 heterocycles. The number of likely N-dealkylation sites (N-methyl/N-ethyl adjacent to an activating group) is 1. The van der Waals surface area contributed by atoms with Crippen molar-refractivity contribution in [2.24, 2.45) is 4.99 Å². The Morgan fingerprint density at radius 1 is 1.38 bits per heavy atom. The lowest BCUT2D eigenvalue weighted by atomic mass is 10.4. The highest BCUT2D eigenvalue weighted by Gasteiger charge is 2.08. The van der Waals surface area contributed by atoms with Crippen molar-refractivity contribution in [3.8, 4) is 11.6 Å². The van der Waals surface area contributed by atoms with Crippen LogP contribution in [0.1, 0.15) is 19.2 Å². The number of hydrogen-bond donors (Lipinski definition) is 3. The van der Waals surface area contributed by atoms with Gasteiger partial charge in [-0.15, -0.1) is 5.10 Å². The Morgan fingerprint density at radius 3 is 3.00 bits per heavy atom. The molecule has 0 aromatic carbocycles. The summed E-state index contributed by atoms with van der Waals surface area (Å²) in [5.74, 6) is 2.62. The van der Waals surface area contributed by atoms with E-state index in [0.717, 1.165) is 45.2 Å². The molecular formula is C17H29N7O2. The van der Waals surface area contributed by atoms with Gasteiger partial charge < -0.3 is 24.7 Å². The number of nitrogens with one attached hydrogen (secondary N) is 3. The third-order valence-corrected chi connectivity index (χ3v) is 3.68. The van der Waals surface area contributed by atoms with E-state index in [1.807, 2.05) is 19.1 Å². The maximum Gasteiger partial charge on any atom is 0.216 e. The predicted molar refractivity (Wildman–Crippen MR) is 101 cm³/mol. The largest absolute Gasteiger partial charge is 0.461 e. The van der Waals surface area contributed by atoms with Crippen molar-refractivity contribution in [1.82, 2.24) is 30.7 Å². The molecule has 0 unspecified atom stereocenters. The van der Waals surface area contributed by atoms with Crippen LogP contribution < -0.4 is 10.6 Å². The Morgan fingerprint density at radius 2 is 2.27 bits per heavy atom. The van der Waals surface area contributed by atoms with E-state index in [2.05, 4.69) is 42.8 Å². The lowest BCUT2D eigenvalue weighted by Gasteiger charge is -2.18. The third kappa shape index (κ3) is 6.85. The molecule has 3 N–H and O–H groups in total. The third-order valence-electron chi connectivity index (χ3n) is 3.68. The molecule has 0 saturated heterocycles. The van der Waals surface area contributed by atoms with Crippen molar-refractivity contribution in [2.45, 2.75) is 19.9 Å². The zero-order chi connectivity index (χ0) is 18.6. The summed E-state index contributed by atoms with van der Waals surface area (Å²) in [6.45, 7) is 6.78. The highest BCUT2D eigenvalue weighted by molar-refractivity contribution is 5.79. The smallest absolute Gasteiger partial charge is 0.216 e. The molecule has 0 aliphatic carbocycles. The van der Waals surface area contributed by atoms with Gasteiger partial charge in [-0.1, -0.05) is 0 Å². The van der Waals surface area contributed by atoms with Gasteiger partial charge in [0.05, 0.1) is 6.26 Å². The average molecular weight is 363 g/mol. The van der Waals surface area contributed by atoms with Crippen LogP contribution in [0.25, 0.3) is 11.6 Å². The minimum absolute atomic E-state index is 0.409. The summed E-state index contributed by atoms with van der Waals surface area (Å²) in [4.78, 5) is 11.2. The first-order valence-electron chi connectivity index (χ1n) is 8.87. The van der Waals surface area contributed by atoms with Crippen molar-refractivity contribution < 1.29 is 9.15 Å². The highest BCUT2D eigenvalue weighted by Crippen LogP contribution is 2.14. The Kier molecular flexibility index (Phi) is 8.64. The number of guanidine groups is 1. The maximum absolute atomic E-state index is 5.29. The quantitative estimate of drug-likeness (QED) is 0.312. The van der Waals surface area contributed by atoms with Crippen molar-refractivity contribution in [1.29, 1.82) is 0 Å². The fourth-order valence-electron chi connectivity index (χ4n) is 2.33.